The van der Waals surface area contributed by atoms with Crippen LogP contribution in [0.1, 0.15) is 11.3 Å². The summed E-state index contributed by atoms with van der Waals surface area (Å²) < 4.78 is 1.71. The van der Waals surface area contributed by atoms with Gasteiger partial charge in [0.1, 0.15) is 0 Å². The highest BCUT2D eigenvalue weighted by Crippen LogP contribution is 2.05. The maximum Gasteiger partial charge on any atom is 0.213 e. The van der Waals surface area contributed by atoms with E-state index < -0.39 is 0 Å². The third-order valence-electron chi connectivity index (χ3n) is 1.65. The summed E-state index contributed by atoms with van der Waals surface area (Å²) in [4.78, 5) is 3.87. The van der Waals surface area contributed by atoms with Gasteiger partial charge in [-0.2, -0.15) is 5.10 Å². The number of guanidine groups is 1. The van der Waals surface area contributed by atoms with Crippen molar-refractivity contribution in [2.24, 2.45) is 17.8 Å². The first kappa shape index (κ1) is 9.53. The van der Waals surface area contributed by atoms with Gasteiger partial charge in [0, 0.05) is 18.8 Å². The predicted octanol–water partition coefficient (Wildman–Crippen LogP) is -0.478. The van der Waals surface area contributed by atoms with Gasteiger partial charge in [-0.05, 0) is 6.92 Å². The lowest BCUT2D eigenvalue weighted by molar-refractivity contribution is 0.232. The van der Waals surface area contributed by atoms with Crippen LogP contribution in [0.4, 0.5) is 0 Å². The molecule has 0 aliphatic carbocycles. The van der Waals surface area contributed by atoms with E-state index in [0.29, 0.717) is 6.54 Å². The van der Waals surface area contributed by atoms with Crippen molar-refractivity contribution < 1.29 is 5.21 Å². The molecule has 0 fully saturated rings. The van der Waals surface area contributed by atoms with Crippen LogP contribution in [0.5, 0.6) is 0 Å². The van der Waals surface area contributed by atoms with Crippen LogP contribution in [0.15, 0.2) is 11.2 Å². The Kier molecular flexibility index (Phi) is 2.86. The van der Waals surface area contributed by atoms with Crippen LogP contribution in [0.25, 0.3) is 0 Å². The van der Waals surface area contributed by atoms with Gasteiger partial charge in [0.15, 0.2) is 0 Å². The number of aromatic nitrogens is 2. The summed E-state index contributed by atoms with van der Waals surface area (Å²) in [6, 6.07) is 0. The van der Waals surface area contributed by atoms with Gasteiger partial charge in [0.05, 0.1) is 12.2 Å². The zero-order valence-electron chi connectivity index (χ0n) is 7.65. The first-order valence-electron chi connectivity index (χ1n) is 3.82. The van der Waals surface area contributed by atoms with Gasteiger partial charge in [0.2, 0.25) is 5.96 Å². The number of nitrogens with one attached hydrogen (secondary N) is 1. The Morgan fingerprint density at radius 3 is 3.00 bits per heavy atom. The molecule has 0 aliphatic heterocycles. The molecule has 0 saturated heterocycles. The molecule has 0 aromatic carbocycles. The molecule has 1 heterocycles. The predicted molar refractivity (Wildman–Crippen MR) is 48.2 cm³/mol. The van der Waals surface area contributed by atoms with E-state index in [-0.39, 0.29) is 5.96 Å². The Labute approximate surface area is 76.0 Å². The Morgan fingerprint density at radius 2 is 2.54 bits per heavy atom. The van der Waals surface area contributed by atoms with Crippen LogP contribution in [0, 0.1) is 6.92 Å². The van der Waals surface area contributed by atoms with Crippen LogP contribution in [0.3, 0.4) is 0 Å². The molecular weight excluding hydrogens is 170 g/mol. The largest absolute Gasteiger partial charge is 0.368 e. The zero-order valence-corrected chi connectivity index (χ0v) is 7.65. The van der Waals surface area contributed by atoms with Crippen LogP contribution >= 0.6 is 0 Å². The fourth-order valence-corrected chi connectivity index (χ4v) is 1.01. The third kappa shape index (κ3) is 2.45. The second kappa shape index (κ2) is 3.90. The van der Waals surface area contributed by atoms with Crippen molar-refractivity contribution in [3.63, 3.8) is 0 Å². The first-order chi connectivity index (χ1) is 6.13. The number of rotatable bonds is 2. The Bertz CT molecular complexity index is 317. The van der Waals surface area contributed by atoms with Crippen LogP contribution in [0.2, 0.25) is 0 Å². The molecule has 6 nitrogen and oxygen atoms in total. The van der Waals surface area contributed by atoms with E-state index in [1.165, 1.54) is 0 Å². The molecule has 0 aliphatic rings. The number of nitrogens with two attached hydrogens (primary N) is 1. The Hall–Kier alpha value is -1.56. The second-order valence-electron chi connectivity index (χ2n) is 2.73. The summed E-state index contributed by atoms with van der Waals surface area (Å²) in [6.07, 6.45) is 1.86. The van der Waals surface area contributed by atoms with E-state index in [4.69, 9.17) is 10.9 Å². The average molecular weight is 183 g/mol. The van der Waals surface area contributed by atoms with Gasteiger partial charge in [0.25, 0.3) is 0 Å². The summed E-state index contributed by atoms with van der Waals surface area (Å²) in [5.41, 5.74) is 8.90. The molecule has 72 valence electrons. The van der Waals surface area contributed by atoms with Crippen molar-refractivity contribution in [1.29, 1.82) is 0 Å². The Morgan fingerprint density at radius 1 is 1.85 bits per heavy atom. The quantitative estimate of drug-likeness (QED) is 0.328. The lowest BCUT2D eigenvalue weighted by atomic mass is 10.3. The molecule has 0 amide bonds. The molecule has 1 rings (SSSR count). The van der Waals surface area contributed by atoms with E-state index in [9.17, 15) is 0 Å². The fraction of sp³-hybridized carbons (Fsp3) is 0.429. The second-order valence-corrected chi connectivity index (χ2v) is 2.73. The lowest BCUT2D eigenvalue weighted by Gasteiger charge is -1.96. The van der Waals surface area contributed by atoms with Crippen molar-refractivity contribution >= 4 is 5.96 Å². The molecule has 13 heavy (non-hydrogen) atoms. The van der Waals surface area contributed by atoms with Crippen molar-refractivity contribution in [3.05, 3.63) is 17.5 Å². The van der Waals surface area contributed by atoms with Gasteiger partial charge in [-0.15, -0.1) is 0 Å². The monoisotopic (exact) mass is 183 g/mol. The summed E-state index contributed by atoms with van der Waals surface area (Å²) >= 11 is 0. The minimum Gasteiger partial charge on any atom is -0.368 e. The van der Waals surface area contributed by atoms with E-state index in [1.807, 2.05) is 20.2 Å². The minimum atomic E-state index is 0.00301. The number of hydrogen-bond acceptors (Lipinski definition) is 3. The van der Waals surface area contributed by atoms with E-state index in [2.05, 4.69) is 10.1 Å². The summed E-state index contributed by atoms with van der Waals surface area (Å²) in [5.74, 6) is 0.00301. The smallest absolute Gasteiger partial charge is 0.213 e. The lowest BCUT2D eigenvalue weighted by Crippen LogP contribution is -2.28. The summed E-state index contributed by atoms with van der Waals surface area (Å²) in [7, 11) is 1.84. The first-order valence-corrected chi connectivity index (χ1v) is 3.82. The minimum absolute atomic E-state index is 0.00301. The van der Waals surface area contributed by atoms with Gasteiger partial charge in [-0.3, -0.25) is 9.89 Å². The third-order valence-corrected chi connectivity index (χ3v) is 1.65. The molecule has 0 saturated carbocycles. The molecule has 4 N–H and O–H groups in total. The van der Waals surface area contributed by atoms with Crippen molar-refractivity contribution in [2.75, 3.05) is 0 Å². The maximum atomic E-state index is 8.36. The molecule has 6 heteroatoms. The number of nitrogens with zero attached hydrogens (tertiary/aromatic N) is 3. The molecule has 0 spiro atoms. The maximum absolute atomic E-state index is 8.36. The highest BCUT2D eigenvalue weighted by Gasteiger charge is 2.01. The van der Waals surface area contributed by atoms with Crippen molar-refractivity contribution in [1.82, 2.24) is 15.3 Å². The molecule has 1 aromatic heterocycles. The van der Waals surface area contributed by atoms with Gasteiger partial charge in [-0.1, -0.05) is 0 Å². The normalized spacial score (nSPS) is 11.8. The number of aryl methyl sites for hydroxylation is 2. The van der Waals surface area contributed by atoms with Gasteiger partial charge in [-0.25, -0.2) is 10.5 Å². The number of hydrogen-bond donors (Lipinski definition) is 3. The van der Waals surface area contributed by atoms with Crippen LogP contribution in [-0.4, -0.2) is 20.9 Å². The summed E-state index contributed by atoms with van der Waals surface area (Å²) in [6.45, 7) is 2.31. The van der Waals surface area contributed by atoms with Crippen LogP contribution in [-0.2, 0) is 13.6 Å². The summed E-state index contributed by atoms with van der Waals surface area (Å²) in [5, 5.41) is 12.5. The SMILES string of the molecule is Cc1nn(C)cc1CN=C(N)NO. The van der Waals surface area contributed by atoms with Crippen molar-refractivity contribution in [2.45, 2.75) is 13.5 Å². The number of aliphatic imine (C=N–C) groups is 1. The average Bonchev–Trinajstić information content (AvgIpc) is 2.41. The van der Waals surface area contributed by atoms with E-state index in [1.54, 1.807) is 10.2 Å². The van der Waals surface area contributed by atoms with E-state index >= 15 is 0 Å². The van der Waals surface area contributed by atoms with E-state index in [0.717, 1.165) is 11.3 Å². The molecule has 0 radical (unpaired) electrons. The van der Waals surface area contributed by atoms with Gasteiger partial charge < -0.3 is 5.73 Å². The van der Waals surface area contributed by atoms with Crippen molar-refractivity contribution in [3.8, 4) is 0 Å². The molecule has 0 bridgehead atoms. The zero-order chi connectivity index (χ0) is 9.84. The van der Waals surface area contributed by atoms with Gasteiger partial charge >= 0.3 is 0 Å². The highest BCUT2D eigenvalue weighted by atomic mass is 16.5. The molecular formula is C7H13N5O. The molecule has 1 aromatic rings. The Balaban J connectivity index is 2.69. The number of hydroxylamine groups is 1. The molecule has 0 unspecified atom stereocenters. The standard InChI is InChI=1S/C7H13N5O/c1-5-6(4-12(2)10-5)3-9-7(8)11-13/h4,13H,3H2,1-2H3,(H3,8,9,11). The fourth-order valence-electron chi connectivity index (χ4n) is 1.01. The highest BCUT2D eigenvalue weighted by molar-refractivity contribution is 5.76. The van der Waals surface area contributed by atoms with Crippen LogP contribution < -0.4 is 11.2 Å². The molecule has 0 atom stereocenters. The topological polar surface area (TPSA) is 88.5 Å².